The number of hydrogen-bond donors (Lipinski definition) is 5. The first-order chi connectivity index (χ1) is 22.5. The molecular formula is C27H27ClN6O12S2. The van der Waals surface area contributed by atoms with Gasteiger partial charge in [-0.1, -0.05) is 17.7 Å². The number of halogens is 1. The molecule has 0 saturated heterocycles. The van der Waals surface area contributed by atoms with Gasteiger partial charge in [0.15, 0.2) is 6.61 Å². The van der Waals surface area contributed by atoms with Crippen LogP contribution in [-0.4, -0.2) is 87.1 Å². The van der Waals surface area contributed by atoms with E-state index in [1.807, 2.05) is 0 Å². The Hall–Kier alpha value is -5.31. The van der Waals surface area contributed by atoms with Gasteiger partial charge in [-0.05, 0) is 42.0 Å². The lowest BCUT2D eigenvalue weighted by Gasteiger charge is -2.12. The van der Waals surface area contributed by atoms with Crippen LogP contribution in [0.2, 0.25) is 5.02 Å². The number of benzene rings is 2. The fourth-order valence-corrected chi connectivity index (χ4v) is 5.43. The molecular weight excluding hydrogens is 700 g/mol. The number of aromatic nitrogens is 3. The van der Waals surface area contributed by atoms with Crippen LogP contribution >= 0.6 is 11.6 Å². The molecule has 0 radical (unpaired) electrons. The Labute approximate surface area is 278 Å². The summed E-state index contributed by atoms with van der Waals surface area (Å²) >= 11 is 5.98. The molecule has 0 aliphatic carbocycles. The highest BCUT2D eigenvalue weighted by molar-refractivity contribution is 7.90. The first-order valence-electron chi connectivity index (χ1n) is 13.0. The molecule has 4 aromatic rings. The molecule has 4 rings (SSSR count). The summed E-state index contributed by atoms with van der Waals surface area (Å²) in [5.41, 5.74) is 0.0750. The highest BCUT2D eigenvalue weighted by Crippen LogP contribution is 2.29. The van der Waals surface area contributed by atoms with Crippen LogP contribution in [0.15, 0.2) is 59.6 Å². The first-order valence-corrected chi connectivity index (χ1v) is 16.8. The molecule has 0 atom stereocenters. The number of anilines is 1. The molecule has 2 heterocycles. The van der Waals surface area contributed by atoms with Gasteiger partial charge in [-0.15, -0.1) is 0 Å². The zero-order chi connectivity index (χ0) is 35.6. The number of nitrogens with zero attached hydrogens (tertiary/aromatic N) is 3. The second-order valence-electron chi connectivity index (χ2n) is 9.19. The predicted octanol–water partition coefficient (Wildman–Crippen LogP) is 2.10. The normalized spacial score (nSPS) is 11.1. The monoisotopic (exact) mass is 726 g/mol. The van der Waals surface area contributed by atoms with E-state index in [0.29, 0.717) is 16.3 Å². The Morgan fingerprint density at radius 2 is 1.60 bits per heavy atom. The van der Waals surface area contributed by atoms with Crippen molar-refractivity contribution in [3.05, 3.63) is 70.9 Å². The van der Waals surface area contributed by atoms with Gasteiger partial charge in [-0.3, -0.25) is 10.3 Å². The van der Waals surface area contributed by atoms with E-state index in [2.05, 4.69) is 25.0 Å². The smallest absolute Gasteiger partial charge is 0.341 e. The molecule has 18 nitrogen and oxygen atoms in total. The molecule has 48 heavy (non-hydrogen) atoms. The van der Waals surface area contributed by atoms with Gasteiger partial charge in [0, 0.05) is 18.1 Å². The summed E-state index contributed by atoms with van der Waals surface area (Å²) in [5.74, 6) is -2.49. The van der Waals surface area contributed by atoms with Crippen LogP contribution in [0.4, 0.5) is 10.7 Å². The molecule has 0 saturated carbocycles. The number of aromatic carboxylic acids is 1. The number of rotatable bonds is 12. The molecule has 2 aromatic carbocycles. The van der Waals surface area contributed by atoms with Gasteiger partial charge in [0.2, 0.25) is 27.7 Å². The average Bonchev–Trinajstić information content (AvgIpc) is 3.02. The highest BCUT2D eigenvalue weighted by Gasteiger charge is 2.26. The summed E-state index contributed by atoms with van der Waals surface area (Å²) in [4.78, 5) is 45.1. The summed E-state index contributed by atoms with van der Waals surface area (Å²) in [6, 6.07) is 9.99. The number of ether oxygens (including phenoxy) is 3. The van der Waals surface area contributed by atoms with E-state index in [0.717, 1.165) is 23.8 Å². The van der Waals surface area contributed by atoms with Crippen LogP contribution in [0.1, 0.15) is 15.9 Å². The molecule has 256 valence electrons. The minimum absolute atomic E-state index is 0.0225. The van der Waals surface area contributed by atoms with Crippen molar-refractivity contribution in [3.63, 3.8) is 0 Å². The molecule has 5 N–H and O–H groups in total. The Balaban J connectivity index is 0.000000324. The van der Waals surface area contributed by atoms with Gasteiger partial charge in [-0.25, -0.2) is 40.7 Å². The summed E-state index contributed by atoms with van der Waals surface area (Å²) in [6.45, 7) is -0.696. The number of pyridine rings is 1. The topological polar surface area (TPSA) is 262 Å². The number of methoxy groups -OCH3 is 2. The van der Waals surface area contributed by atoms with E-state index in [1.165, 1.54) is 26.4 Å². The average molecular weight is 727 g/mol. The standard InChI is InChI=1S/C16H19N5O9S2.C11H8ClNO3/c1-29-12-7-13(30-2)19-15(18-12)20-16(24)21-32(27,28)11-6-9(8-17-31(3,25)26)4-5-10(11)14(22)23;12-8-3-4-9(16-6-10(14)15)11-7(8)2-1-5-13-11/h4-7,17H,8H2,1-3H3,(H,22,23)(H2,18,19,20,21,24);1-5H,6H2,(H,14,15). The van der Waals surface area contributed by atoms with Crippen LogP contribution in [0, 0.1) is 0 Å². The molecule has 0 aliphatic heterocycles. The number of aliphatic carboxylic acids is 1. The van der Waals surface area contributed by atoms with Crippen molar-refractivity contribution >= 4 is 66.5 Å². The number of hydrogen-bond acceptors (Lipinski definition) is 13. The lowest BCUT2D eigenvalue weighted by molar-refractivity contribution is -0.139. The highest BCUT2D eigenvalue weighted by atomic mass is 35.5. The molecule has 2 aromatic heterocycles. The van der Waals surface area contributed by atoms with Crippen LogP contribution < -0.4 is 29.0 Å². The Kier molecular flexibility index (Phi) is 12.4. The number of nitrogens with one attached hydrogen (secondary N) is 3. The van der Waals surface area contributed by atoms with Gasteiger partial charge in [0.25, 0.3) is 10.0 Å². The number of carbonyl (C=O) groups is 3. The maximum Gasteiger partial charge on any atom is 0.341 e. The summed E-state index contributed by atoms with van der Waals surface area (Å²) in [7, 11) is -5.69. The molecule has 0 aliphatic rings. The van der Waals surface area contributed by atoms with Gasteiger partial charge in [-0.2, -0.15) is 9.97 Å². The van der Waals surface area contributed by atoms with E-state index in [4.69, 9.17) is 30.9 Å². The zero-order valence-electron chi connectivity index (χ0n) is 25.1. The third kappa shape index (κ3) is 10.6. The minimum Gasteiger partial charge on any atom is -0.481 e. The zero-order valence-corrected chi connectivity index (χ0v) is 27.5. The van der Waals surface area contributed by atoms with Crippen molar-refractivity contribution in [2.75, 3.05) is 32.4 Å². The van der Waals surface area contributed by atoms with Crippen molar-refractivity contribution < 1.29 is 55.6 Å². The fourth-order valence-electron chi connectivity index (χ4n) is 3.63. The van der Waals surface area contributed by atoms with E-state index in [-0.39, 0.29) is 29.8 Å². The van der Waals surface area contributed by atoms with Gasteiger partial charge in [0.05, 0.1) is 37.1 Å². The van der Waals surface area contributed by atoms with E-state index in [1.54, 1.807) is 35.2 Å². The number of sulfonamides is 2. The summed E-state index contributed by atoms with van der Waals surface area (Å²) < 4.78 is 66.6. The van der Waals surface area contributed by atoms with Crippen LogP contribution in [-0.2, 0) is 31.4 Å². The molecule has 0 spiro atoms. The van der Waals surface area contributed by atoms with Crippen LogP contribution in [0.25, 0.3) is 10.9 Å². The molecule has 2 amide bonds. The summed E-state index contributed by atoms with van der Waals surface area (Å²) in [5, 5.41) is 21.2. The maximum absolute atomic E-state index is 12.7. The quantitative estimate of drug-likeness (QED) is 0.140. The van der Waals surface area contributed by atoms with E-state index >= 15 is 0 Å². The number of amides is 2. The van der Waals surface area contributed by atoms with Crippen LogP contribution in [0.5, 0.6) is 17.5 Å². The van der Waals surface area contributed by atoms with Crippen molar-refractivity contribution in [1.29, 1.82) is 0 Å². The lowest BCUT2D eigenvalue weighted by Crippen LogP contribution is -2.35. The second kappa shape index (κ2) is 16.0. The van der Waals surface area contributed by atoms with Gasteiger partial charge < -0.3 is 24.4 Å². The number of carbonyl (C=O) groups excluding carboxylic acids is 1. The van der Waals surface area contributed by atoms with Gasteiger partial charge >= 0.3 is 18.0 Å². The Morgan fingerprint density at radius 3 is 2.19 bits per heavy atom. The van der Waals surface area contributed by atoms with E-state index in [9.17, 15) is 36.3 Å². The molecule has 0 unspecified atom stereocenters. The third-order valence-electron chi connectivity index (χ3n) is 5.68. The van der Waals surface area contributed by atoms with Crippen molar-refractivity contribution in [2.45, 2.75) is 11.4 Å². The number of urea groups is 1. The van der Waals surface area contributed by atoms with E-state index < -0.39 is 55.1 Å². The lowest BCUT2D eigenvalue weighted by atomic mass is 10.1. The maximum atomic E-state index is 12.7. The predicted molar refractivity (Wildman–Crippen MR) is 169 cm³/mol. The SMILES string of the molecule is COc1cc(OC)nc(NC(=O)NS(=O)(=O)c2cc(CNS(C)(=O)=O)ccc2C(=O)O)n1.O=C(O)COc1ccc(Cl)c2cccnc12. The minimum atomic E-state index is -4.70. The Bertz CT molecular complexity index is 2040. The number of carboxylic acid groups (broad SMARTS) is 2. The first kappa shape index (κ1) is 37.2. The number of carboxylic acids is 2. The third-order valence-corrected chi connectivity index (χ3v) is 8.05. The Morgan fingerprint density at radius 1 is 0.938 bits per heavy atom. The largest absolute Gasteiger partial charge is 0.481 e. The summed E-state index contributed by atoms with van der Waals surface area (Å²) in [6.07, 6.45) is 2.50. The van der Waals surface area contributed by atoms with Gasteiger partial charge in [0.1, 0.15) is 16.2 Å². The molecule has 0 fully saturated rings. The number of fused-ring (bicyclic) bond motifs is 1. The van der Waals surface area contributed by atoms with Crippen molar-refractivity contribution in [2.24, 2.45) is 0 Å². The second-order valence-corrected chi connectivity index (χ2v) is 13.1. The van der Waals surface area contributed by atoms with Crippen molar-refractivity contribution in [3.8, 4) is 17.5 Å². The fraction of sp³-hybridized carbons (Fsp3) is 0.185. The van der Waals surface area contributed by atoms with Crippen LogP contribution in [0.3, 0.4) is 0 Å². The molecule has 21 heteroatoms. The van der Waals surface area contributed by atoms with Crippen molar-refractivity contribution in [1.82, 2.24) is 24.4 Å². The molecule has 0 bridgehead atoms.